The SMILES string of the molecule is CC(=O)NC(CSCc1cscn1)C(=O)O. The van der Waals surface area contributed by atoms with Crippen LogP contribution in [-0.2, 0) is 15.3 Å². The van der Waals surface area contributed by atoms with Crippen molar-refractivity contribution < 1.29 is 14.7 Å². The van der Waals surface area contributed by atoms with Crippen LogP contribution in [0.15, 0.2) is 10.9 Å². The van der Waals surface area contributed by atoms with Gasteiger partial charge in [0.1, 0.15) is 6.04 Å². The summed E-state index contributed by atoms with van der Waals surface area (Å²) in [6, 6.07) is -0.832. The molecule has 88 valence electrons. The molecule has 0 saturated carbocycles. The summed E-state index contributed by atoms with van der Waals surface area (Å²) in [5.74, 6) is -0.345. The van der Waals surface area contributed by atoms with E-state index in [0.717, 1.165) is 5.69 Å². The molecule has 1 aromatic heterocycles. The van der Waals surface area contributed by atoms with Crippen LogP contribution in [-0.4, -0.2) is 33.8 Å². The van der Waals surface area contributed by atoms with E-state index in [9.17, 15) is 9.59 Å². The summed E-state index contributed by atoms with van der Waals surface area (Å²) in [5.41, 5.74) is 2.67. The lowest BCUT2D eigenvalue weighted by molar-refractivity contribution is -0.140. The zero-order valence-electron chi connectivity index (χ0n) is 8.67. The number of carbonyl (C=O) groups excluding carboxylic acids is 1. The predicted molar refractivity (Wildman–Crippen MR) is 63.5 cm³/mol. The van der Waals surface area contributed by atoms with E-state index in [1.54, 1.807) is 5.51 Å². The highest BCUT2D eigenvalue weighted by Crippen LogP contribution is 2.13. The first-order valence-electron chi connectivity index (χ1n) is 4.54. The van der Waals surface area contributed by atoms with Crippen LogP contribution >= 0.6 is 23.1 Å². The van der Waals surface area contributed by atoms with Gasteiger partial charge in [0, 0.05) is 23.8 Å². The minimum Gasteiger partial charge on any atom is -0.480 e. The standard InChI is InChI=1S/C9H12N2O3S2/c1-6(12)11-8(9(13)14)4-15-2-7-3-16-5-10-7/h3,5,8H,2,4H2,1H3,(H,11,12)(H,13,14). The highest BCUT2D eigenvalue weighted by molar-refractivity contribution is 7.98. The van der Waals surface area contributed by atoms with Crippen LogP contribution in [0.1, 0.15) is 12.6 Å². The minimum absolute atomic E-state index is 0.332. The number of carboxylic acid groups (broad SMARTS) is 1. The van der Waals surface area contributed by atoms with Crippen molar-refractivity contribution in [3.8, 4) is 0 Å². The summed E-state index contributed by atoms with van der Waals surface area (Å²) >= 11 is 2.94. The molecule has 0 bridgehead atoms. The van der Waals surface area contributed by atoms with Crippen molar-refractivity contribution in [3.63, 3.8) is 0 Å². The number of thioether (sulfide) groups is 1. The van der Waals surface area contributed by atoms with Crippen molar-refractivity contribution in [3.05, 3.63) is 16.6 Å². The van der Waals surface area contributed by atoms with Gasteiger partial charge in [-0.25, -0.2) is 9.78 Å². The molecule has 1 rings (SSSR count). The Kier molecular flexibility index (Phi) is 5.27. The fourth-order valence-electron chi connectivity index (χ4n) is 1.01. The average molecular weight is 260 g/mol. The summed E-state index contributed by atoms with van der Waals surface area (Å²) in [5, 5.41) is 13.1. The summed E-state index contributed by atoms with van der Waals surface area (Å²) in [6.45, 7) is 1.31. The van der Waals surface area contributed by atoms with Crippen LogP contribution in [0.25, 0.3) is 0 Å². The number of nitrogens with zero attached hydrogens (tertiary/aromatic N) is 1. The van der Waals surface area contributed by atoms with Gasteiger partial charge < -0.3 is 10.4 Å². The van der Waals surface area contributed by atoms with Crippen LogP contribution in [0.2, 0.25) is 0 Å². The summed E-state index contributed by atoms with van der Waals surface area (Å²) in [4.78, 5) is 25.6. The number of hydrogen-bond donors (Lipinski definition) is 2. The normalized spacial score (nSPS) is 12.1. The van der Waals surface area contributed by atoms with Crippen molar-refractivity contribution in [1.29, 1.82) is 0 Å². The molecule has 0 aliphatic heterocycles. The molecule has 0 aliphatic rings. The molecule has 0 saturated heterocycles. The Balaban J connectivity index is 2.32. The zero-order valence-corrected chi connectivity index (χ0v) is 10.3. The third kappa shape index (κ3) is 4.63. The molecule has 1 atom stereocenters. The Morgan fingerprint density at radius 1 is 1.69 bits per heavy atom. The molecule has 5 nitrogen and oxygen atoms in total. The predicted octanol–water partition coefficient (Wildman–Crippen LogP) is 0.966. The van der Waals surface area contributed by atoms with E-state index in [-0.39, 0.29) is 5.91 Å². The number of rotatable bonds is 6. The van der Waals surface area contributed by atoms with Crippen LogP contribution in [0.3, 0.4) is 0 Å². The van der Waals surface area contributed by atoms with E-state index in [4.69, 9.17) is 5.11 Å². The number of nitrogens with one attached hydrogen (secondary N) is 1. The molecule has 0 aliphatic carbocycles. The molecule has 1 amide bonds. The van der Waals surface area contributed by atoms with E-state index < -0.39 is 12.0 Å². The number of thiazole rings is 1. The van der Waals surface area contributed by atoms with Crippen LogP contribution in [0.4, 0.5) is 0 Å². The third-order valence-electron chi connectivity index (χ3n) is 1.69. The molecule has 1 heterocycles. The summed E-state index contributed by atoms with van der Waals surface area (Å²) in [7, 11) is 0. The topological polar surface area (TPSA) is 79.3 Å². The molecule has 1 aromatic rings. The molecule has 0 aromatic carbocycles. The van der Waals surface area contributed by atoms with Gasteiger partial charge in [-0.05, 0) is 0 Å². The van der Waals surface area contributed by atoms with Gasteiger partial charge in [0.15, 0.2) is 0 Å². The second kappa shape index (κ2) is 6.49. The number of amides is 1. The van der Waals surface area contributed by atoms with Gasteiger partial charge in [-0.3, -0.25) is 4.79 Å². The number of carbonyl (C=O) groups is 2. The molecule has 0 radical (unpaired) electrons. The maximum absolute atomic E-state index is 10.8. The maximum Gasteiger partial charge on any atom is 0.327 e. The molecule has 2 N–H and O–H groups in total. The van der Waals surface area contributed by atoms with Gasteiger partial charge in [-0.2, -0.15) is 11.8 Å². The fourth-order valence-corrected chi connectivity index (χ4v) is 2.62. The number of aromatic nitrogens is 1. The van der Waals surface area contributed by atoms with Crippen LogP contribution in [0.5, 0.6) is 0 Å². The van der Waals surface area contributed by atoms with Crippen molar-refractivity contribution in [2.24, 2.45) is 0 Å². The lowest BCUT2D eigenvalue weighted by atomic mass is 10.3. The van der Waals surface area contributed by atoms with Crippen molar-refractivity contribution in [2.45, 2.75) is 18.7 Å². The van der Waals surface area contributed by atoms with E-state index in [1.807, 2.05) is 5.38 Å². The van der Waals surface area contributed by atoms with Gasteiger partial charge in [0.2, 0.25) is 5.91 Å². The van der Waals surface area contributed by atoms with Crippen LogP contribution < -0.4 is 5.32 Å². The van der Waals surface area contributed by atoms with Crippen LogP contribution in [0, 0.1) is 0 Å². The Hall–Kier alpha value is -1.08. The van der Waals surface area contributed by atoms with E-state index in [1.165, 1.54) is 30.0 Å². The number of aliphatic carboxylic acids is 1. The maximum atomic E-state index is 10.8. The Morgan fingerprint density at radius 2 is 2.44 bits per heavy atom. The second-order valence-electron chi connectivity index (χ2n) is 3.09. The van der Waals surface area contributed by atoms with Gasteiger partial charge in [0.25, 0.3) is 0 Å². The summed E-state index contributed by atoms with van der Waals surface area (Å²) in [6.07, 6.45) is 0. The monoisotopic (exact) mass is 260 g/mol. The Morgan fingerprint density at radius 3 is 2.94 bits per heavy atom. The van der Waals surface area contributed by atoms with E-state index in [2.05, 4.69) is 10.3 Å². The highest BCUT2D eigenvalue weighted by atomic mass is 32.2. The first kappa shape index (κ1) is 13.0. The quantitative estimate of drug-likeness (QED) is 0.796. The molecular weight excluding hydrogens is 248 g/mol. The lowest BCUT2D eigenvalue weighted by Gasteiger charge is -2.11. The van der Waals surface area contributed by atoms with Crippen molar-refractivity contribution in [2.75, 3.05) is 5.75 Å². The second-order valence-corrected chi connectivity index (χ2v) is 4.84. The van der Waals surface area contributed by atoms with Gasteiger partial charge in [-0.1, -0.05) is 0 Å². The molecule has 0 fully saturated rings. The smallest absolute Gasteiger partial charge is 0.327 e. The van der Waals surface area contributed by atoms with Crippen molar-refractivity contribution >= 4 is 35.0 Å². The molecule has 7 heteroatoms. The fraction of sp³-hybridized carbons (Fsp3) is 0.444. The van der Waals surface area contributed by atoms with Gasteiger partial charge in [-0.15, -0.1) is 11.3 Å². The first-order chi connectivity index (χ1) is 7.59. The Bertz CT molecular complexity index is 354. The van der Waals surface area contributed by atoms with Gasteiger partial charge >= 0.3 is 5.97 Å². The molecule has 16 heavy (non-hydrogen) atoms. The molecule has 1 unspecified atom stereocenters. The minimum atomic E-state index is -1.01. The van der Waals surface area contributed by atoms with Gasteiger partial charge in [0.05, 0.1) is 11.2 Å². The summed E-state index contributed by atoms with van der Waals surface area (Å²) < 4.78 is 0. The van der Waals surface area contributed by atoms with E-state index >= 15 is 0 Å². The average Bonchev–Trinajstić information content (AvgIpc) is 2.68. The third-order valence-corrected chi connectivity index (χ3v) is 3.40. The number of carboxylic acids is 1. The molecular formula is C9H12N2O3S2. The van der Waals surface area contributed by atoms with E-state index in [0.29, 0.717) is 11.5 Å². The number of hydrogen-bond acceptors (Lipinski definition) is 5. The molecule has 0 spiro atoms. The zero-order chi connectivity index (χ0) is 12.0. The largest absolute Gasteiger partial charge is 0.480 e. The first-order valence-corrected chi connectivity index (χ1v) is 6.64. The van der Waals surface area contributed by atoms with Crippen molar-refractivity contribution in [1.82, 2.24) is 10.3 Å². The highest BCUT2D eigenvalue weighted by Gasteiger charge is 2.17. The Labute approximate surface area is 101 Å². The lowest BCUT2D eigenvalue weighted by Crippen LogP contribution is -2.41.